The molecule has 6 heteroatoms. The van der Waals surface area contributed by atoms with Gasteiger partial charge < -0.3 is 5.11 Å². The molecule has 0 radical (unpaired) electrons. The molecule has 0 spiro atoms. The number of carbonyl (C=O) groups excluding carboxylic acids is 1. The number of carboxylic acids is 1. The van der Waals surface area contributed by atoms with Gasteiger partial charge in [-0.3, -0.25) is 19.4 Å². The SMILES string of the molecule is CCN(CC(=O)O)CC(=O)N(CC#N)c1ccccc1. The monoisotopic (exact) mass is 275 g/mol. The Labute approximate surface area is 117 Å². The summed E-state index contributed by atoms with van der Waals surface area (Å²) in [6, 6.07) is 10.8. The van der Waals surface area contributed by atoms with Crippen molar-refractivity contribution in [2.45, 2.75) is 6.92 Å². The normalized spacial score (nSPS) is 10.1. The largest absolute Gasteiger partial charge is 0.480 e. The zero-order valence-electron chi connectivity index (χ0n) is 11.3. The van der Waals surface area contributed by atoms with Crippen molar-refractivity contribution in [3.8, 4) is 6.07 Å². The highest BCUT2D eigenvalue weighted by molar-refractivity contribution is 5.95. The number of nitriles is 1. The van der Waals surface area contributed by atoms with E-state index in [1.54, 1.807) is 31.2 Å². The van der Waals surface area contributed by atoms with Crippen LogP contribution in [0.4, 0.5) is 5.69 Å². The Bertz CT molecular complexity index is 496. The Kier molecular flexibility index (Phi) is 6.20. The topological polar surface area (TPSA) is 84.6 Å². The zero-order valence-corrected chi connectivity index (χ0v) is 11.3. The standard InChI is InChI=1S/C14H17N3O3/c1-2-16(11-14(19)20)10-13(18)17(9-8-15)12-6-4-3-5-7-12/h3-7H,2,9-11H2,1H3,(H,19,20). The lowest BCUT2D eigenvalue weighted by molar-refractivity contribution is -0.138. The number of amides is 1. The molecule has 0 aromatic heterocycles. The van der Waals surface area contributed by atoms with E-state index in [0.717, 1.165) is 0 Å². The lowest BCUT2D eigenvalue weighted by Crippen LogP contribution is -2.42. The highest BCUT2D eigenvalue weighted by Gasteiger charge is 2.19. The summed E-state index contributed by atoms with van der Waals surface area (Å²) in [5.74, 6) is -1.27. The molecule has 0 bridgehead atoms. The van der Waals surface area contributed by atoms with Crippen LogP contribution >= 0.6 is 0 Å². The number of hydrogen-bond acceptors (Lipinski definition) is 4. The van der Waals surface area contributed by atoms with Gasteiger partial charge in [-0.1, -0.05) is 25.1 Å². The number of likely N-dealkylation sites (N-methyl/N-ethyl adjacent to an activating group) is 1. The molecule has 0 saturated carbocycles. The summed E-state index contributed by atoms with van der Waals surface area (Å²) in [6.45, 7) is 1.95. The summed E-state index contributed by atoms with van der Waals surface area (Å²) >= 11 is 0. The van der Waals surface area contributed by atoms with Gasteiger partial charge in [-0.15, -0.1) is 0 Å². The van der Waals surface area contributed by atoms with E-state index in [1.165, 1.54) is 9.80 Å². The van der Waals surface area contributed by atoms with Crippen LogP contribution in [0.15, 0.2) is 30.3 Å². The minimum Gasteiger partial charge on any atom is -0.480 e. The molecule has 0 unspecified atom stereocenters. The molecule has 1 rings (SSSR count). The molecule has 20 heavy (non-hydrogen) atoms. The maximum atomic E-state index is 12.2. The van der Waals surface area contributed by atoms with Crippen LogP contribution in [0, 0.1) is 11.3 Å². The Morgan fingerprint density at radius 2 is 1.90 bits per heavy atom. The fraction of sp³-hybridized carbons (Fsp3) is 0.357. The maximum absolute atomic E-state index is 12.2. The van der Waals surface area contributed by atoms with E-state index in [0.29, 0.717) is 12.2 Å². The minimum absolute atomic E-state index is 0.0284. The molecule has 1 aromatic carbocycles. The van der Waals surface area contributed by atoms with E-state index in [-0.39, 0.29) is 25.5 Å². The first-order valence-corrected chi connectivity index (χ1v) is 6.25. The molecule has 0 heterocycles. The predicted octanol–water partition coefficient (Wildman–Crippen LogP) is 0.950. The number of carbonyl (C=O) groups is 2. The summed E-state index contributed by atoms with van der Waals surface area (Å²) in [4.78, 5) is 25.8. The smallest absolute Gasteiger partial charge is 0.317 e. The highest BCUT2D eigenvalue weighted by Crippen LogP contribution is 2.13. The third kappa shape index (κ3) is 4.71. The summed E-state index contributed by atoms with van der Waals surface area (Å²) in [5.41, 5.74) is 0.630. The molecule has 106 valence electrons. The second-order valence-electron chi connectivity index (χ2n) is 4.17. The van der Waals surface area contributed by atoms with Crippen LogP contribution in [0.1, 0.15) is 6.92 Å². The number of aliphatic carboxylic acids is 1. The summed E-state index contributed by atoms with van der Waals surface area (Å²) in [5, 5.41) is 17.6. The molecular weight excluding hydrogens is 258 g/mol. The van der Waals surface area contributed by atoms with Gasteiger partial charge >= 0.3 is 5.97 Å². The lowest BCUT2D eigenvalue weighted by Gasteiger charge is -2.24. The van der Waals surface area contributed by atoms with Crippen molar-refractivity contribution in [3.63, 3.8) is 0 Å². The molecule has 0 fully saturated rings. The van der Waals surface area contributed by atoms with Crippen molar-refractivity contribution in [3.05, 3.63) is 30.3 Å². The third-order valence-electron chi connectivity index (χ3n) is 2.76. The van der Waals surface area contributed by atoms with Gasteiger partial charge in [0.2, 0.25) is 5.91 Å². The summed E-state index contributed by atoms with van der Waals surface area (Å²) in [6.07, 6.45) is 0. The van der Waals surface area contributed by atoms with Crippen LogP contribution in [0.5, 0.6) is 0 Å². The number of hydrogen-bond donors (Lipinski definition) is 1. The van der Waals surface area contributed by atoms with Crippen molar-refractivity contribution in [1.29, 1.82) is 5.26 Å². The molecule has 1 aromatic rings. The maximum Gasteiger partial charge on any atom is 0.317 e. The van der Waals surface area contributed by atoms with Gasteiger partial charge in [-0.25, -0.2) is 0 Å². The molecule has 1 N–H and O–H groups in total. The molecule has 1 amide bonds. The first-order chi connectivity index (χ1) is 9.58. The van der Waals surface area contributed by atoms with Gasteiger partial charge in [0, 0.05) is 5.69 Å². The van der Waals surface area contributed by atoms with E-state index in [9.17, 15) is 9.59 Å². The molecular formula is C14H17N3O3. The van der Waals surface area contributed by atoms with E-state index in [4.69, 9.17) is 10.4 Å². The number of carboxylic acid groups (broad SMARTS) is 1. The van der Waals surface area contributed by atoms with Crippen LogP contribution in [-0.4, -0.2) is 48.1 Å². The van der Waals surface area contributed by atoms with Crippen LogP contribution in [0.2, 0.25) is 0 Å². The highest BCUT2D eigenvalue weighted by atomic mass is 16.4. The molecule has 0 aliphatic carbocycles. The van der Waals surface area contributed by atoms with Gasteiger partial charge in [0.15, 0.2) is 0 Å². The second kappa shape index (κ2) is 7.92. The van der Waals surface area contributed by atoms with Crippen LogP contribution in [0.3, 0.4) is 0 Å². The van der Waals surface area contributed by atoms with Gasteiger partial charge in [0.1, 0.15) is 6.54 Å². The zero-order chi connectivity index (χ0) is 15.0. The van der Waals surface area contributed by atoms with Crippen molar-refractivity contribution in [2.24, 2.45) is 0 Å². The van der Waals surface area contributed by atoms with E-state index >= 15 is 0 Å². The number of rotatable bonds is 7. The first-order valence-electron chi connectivity index (χ1n) is 6.25. The predicted molar refractivity (Wildman–Crippen MR) is 74.2 cm³/mol. The Morgan fingerprint density at radius 3 is 2.40 bits per heavy atom. The van der Waals surface area contributed by atoms with Gasteiger partial charge in [0.05, 0.1) is 19.2 Å². The number of para-hydroxylation sites is 1. The van der Waals surface area contributed by atoms with Crippen LogP contribution in [-0.2, 0) is 9.59 Å². The molecule has 6 nitrogen and oxygen atoms in total. The fourth-order valence-electron chi connectivity index (χ4n) is 1.75. The van der Waals surface area contributed by atoms with Gasteiger partial charge in [0.25, 0.3) is 0 Å². The van der Waals surface area contributed by atoms with Crippen molar-refractivity contribution in [2.75, 3.05) is 31.1 Å². The van der Waals surface area contributed by atoms with Crippen LogP contribution < -0.4 is 4.90 Å². The quantitative estimate of drug-likeness (QED) is 0.749. The molecule has 0 atom stereocenters. The van der Waals surface area contributed by atoms with Crippen molar-refractivity contribution < 1.29 is 14.7 Å². The third-order valence-corrected chi connectivity index (χ3v) is 2.76. The first kappa shape index (κ1) is 15.7. The Morgan fingerprint density at radius 1 is 1.25 bits per heavy atom. The van der Waals surface area contributed by atoms with Crippen molar-refractivity contribution >= 4 is 17.6 Å². The molecule has 0 aliphatic rings. The number of benzene rings is 1. The number of anilines is 1. The van der Waals surface area contributed by atoms with Crippen LogP contribution in [0.25, 0.3) is 0 Å². The average molecular weight is 275 g/mol. The van der Waals surface area contributed by atoms with Gasteiger partial charge in [-0.05, 0) is 18.7 Å². The van der Waals surface area contributed by atoms with E-state index in [1.807, 2.05) is 12.1 Å². The van der Waals surface area contributed by atoms with Crippen molar-refractivity contribution in [1.82, 2.24) is 4.90 Å². The lowest BCUT2D eigenvalue weighted by atomic mass is 10.2. The fourth-order valence-corrected chi connectivity index (χ4v) is 1.75. The second-order valence-corrected chi connectivity index (χ2v) is 4.17. The summed E-state index contributed by atoms with van der Waals surface area (Å²) in [7, 11) is 0. The number of nitrogens with zero attached hydrogens (tertiary/aromatic N) is 3. The molecule has 0 saturated heterocycles. The Balaban J connectivity index is 2.79. The average Bonchev–Trinajstić information content (AvgIpc) is 2.44. The Hall–Kier alpha value is -2.39. The summed E-state index contributed by atoms with van der Waals surface area (Å²) < 4.78 is 0. The minimum atomic E-state index is -0.980. The molecule has 0 aliphatic heterocycles. The van der Waals surface area contributed by atoms with Gasteiger partial charge in [-0.2, -0.15) is 5.26 Å². The van der Waals surface area contributed by atoms with E-state index < -0.39 is 5.97 Å². The van der Waals surface area contributed by atoms with E-state index in [2.05, 4.69) is 0 Å².